The van der Waals surface area contributed by atoms with Gasteiger partial charge < -0.3 is 14.9 Å². The predicted molar refractivity (Wildman–Crippen MR) is 111 cm³/mol. The molecule has 1 aliphatic carbocycles. The third-order valence-corrected chi connectivity index (χ3v) is 6.29. The lowest BCUT2D eigenvalue weighted by Crippen LogP contribution is -2.39. The summed E-state index contributed by atoms with van der Waals surface area (Å²) < 4.78 is 4.40. The summed E-state index contributed by atoms with van der Waals surface area (Å²) in [6, 6.07) is 0. The monoisotopic (exact) mass is 402 g/mol. The number of halogens is 1. The van der Waals surface area contributed by atoms with Crippen LogP contribution < -0.4 is 0 Å². The van der Waals surface area contributed by atoms with Crippen LogP contribution in [0, 0.1) is 17.8 Å². The van der Waals surface area contributed by atoms with E-state index in [-0.39, 0.29) is 6.42 Å². The van der Waals surface area contributed by atoms with Crippen LogP contribution in [0.25, 0.3) is 0 Å². The quantitative estimate of drug-likeness (QED) is 0.138. The topological polar surface area (TPSA) is 66.8 Å². The summed E-state index contributed by atoms with van der Waals surface area (Å²) in [5, 5.41) is 19.3. The van der Waals surface area contributed by atoms with Crippen molar-refractivity contribution in [1.29, 1.82) is 0 Å². The van der Waals surface area contributed by atoms with E-state index in [4.69, 9.17) is 11.6 Å². The van der Waals surface area contributed by atoms with Gasteiger partial charge in [-0.15, -0.1) is 11.6 Å². The first-order chi connectivity index (χ1) is 13.0. The SMILES string of the molecule is CCCCCCC=C[C@@H]1[C@@H](CCCCCC(O)(O)C(=O)OC)CC[C@H]1CCl. The van der Waals surface area contributed by atoms with Gasteiger partial charge in [-0.3, -0.25) is 0 Å². The van der Waals surface area contributed by atoms with Crippen LogP contribution in [0.5, 0.6) is 0 Å². The molecule has 0 amide bonds. The van der Waals surface area contributed by atoms with Gasteiger partial charge in [-0.05, 0) is 56.3 Å². The van der Waals surface area contributed by atoms with E-state index >= 15 is 0 Å². The second-order valence-corrected chi connectivity index (χ2v) is 8.32. The molecule has 0 unspecified atom stereocenters. The molecule has 27 heavy (non-hydrogen) atoms. The molecule has 2 N–H and O–H groups in total. The van der Waals surface area contributed by atoms with Crippen molar-refractivity contribution in [2.24, 2.45) is 17.8 Å². The first-order valence-corrected chi connectivity index (χ1v) is 11.3. The largest absolute Gasteiger partial charge is 0.465 e. The van der Waals surface area contributed by atoms with E-state index in [1.54, 1.807) is 0 Å². The van der Waals surface area contributed by atoms with E-state index in [1.165, 1.54) is 44.9 Å². The van der Waals surface area contributed by atoms with Crippen molar-refractivity contribution >= 4 is 17.6 Å². The number of unbranched alkanes of at least 4 members (excludes halogenated alkanes) is 6. The molecule has 0 radical (unpaired) electrons. The number of carbonyl (C=O) groups excluding carboxylic acids is 1. The number of carbonyl (C=O) groups is 1. The van der Waals surface area contributed by atoms with Gasteiger partial charge in [0.25, 0.3) is 5.79 Å². The summed E-state index contributed by atoms with van der Waals surface area (Å²) in [5.74, 6) is -0.752. The van der Waals surface area contributed by atoms with E-state index in [0.717, 1.165) is 32.3 Å². The maximum atomic E-state index is 11.3. The number of hydrogen-bond acceptors (Lipinski definition) is 4. The normalized spacial score (nSPS) is 23.2. The van der Waals surface area contributed by atoms with Crippen LogP contribution in [-0.2, 0) is 9.53 Å². The minimum absolute atomic E-state index is 0.0235. The number of allylic oxidation sites excluding steroid dienone is 2. The van der Waals surface area contributed by atoms with E-state index in [0.29, 0.717) is 24.2 Å². The standard InChI is InChI=1S/C22H39ClO4/c1-3-4-5-6-7-10-13-20-18(14-15-19(20)17-23)12-9-8-11-16-22(25,26)21(24)27-2/h10,13,18-20,25-26H,3-9,11-12,14-17H2,1-2H3/t18-,19-,20+/m0/s1. The summed E-state index contributed by atoms with van der Waals surface area (Å²) in [6.45, 7) is 2.24. The van der Waals surface area contributed by atoms with Gasteiger partial charge in [0.05, 0.1) is 7.11 Å². The molecule has 3 atom stereocenters. The fourth-order valence-electron chi connectivity index (χ4n) is 4.19. The summed E-state index contributed by atoms with van der Waals surface area (Å²) >= 11 is 6.19. The number of rotatable bonds is 14. The number of esters is 1. The molecule has 158 valence electrons. The molecule has 0 spiro atoms. The van der Waals surface area contributed by atoms with Crippen LogP contribution in [0.3, 0.4) is 0 Å². The lowest BCUT2D eigenvalue weighted by molar-refractivity contribution is -0.209. The number of alkyl halides is 1. The van der Waals surface area contributed by atoms with Crippen LogP contribution in [0.2, 0.25) is 0 Å². The summed E-state index contributed by atoms with van der Waals surface area (Å²) in [6.07, 6.45) is 17.3. The van der Waals surface area contributed by atoms with Crippen LogP contribution in [0.4, 0.5) is 0 Å². The summed E-state index contributed by atoms with van der Waals surface area (Å²) in [5.41, 5.74) is 0. The predicted octanol–water partition coefficient (Wildman–Crippen LogP) is 5.20. The van der Waals surface area contributed by atoms with Gasteiger partial charge in [-0.25, -0.2) is 4.79 Å². The second-order valence-electron chi connectivity index (χ2n) is 8.01. The van der Waals surface area contributed by atoms with Crippen LogP contribution >= 0.6 is 11.6 Å². The Balaban J connectivity index is 2.33. The number of methoxy groups -OCH3 is 1. The smallest absolute Gasteiger partial charge is 0.366 e. The zero-order valence-electron chi connectivity index (χ0n) is 17.2. The molecule has 0 saturated heterocycles. The zero-order chi connectivity index (χ0) is 20.1. The van der Waals surface area contributed by atoms with Gasteiger partial charge in [0.2, 0.25) is 0 Å². The fraction of sp³-hybridized carbons (Fsp3) is 0.864. The minimum Gasteiger partial charge on any atom is -0.465 e. The first kappa shape index (κ1) is 24.5. The highest BCUT2D eigenvalue weighted by Gasteiger charge is 2.34. The van der Waals surface area contributed by atoms with Crippen molar-refractivity contribution in [3.05, 3.63) is 12.2 Å². The van der Waals surface area contributed by atoms with Crippen molar-refractivity contribution in [3.63, 3.8) is 0 Å². The Morgan fingerprint density at radius 3 is 2.48 bits per heavy atom. The third-order valence-electron chi connectivity index (χ3n) is 5.89. The van der Waals surface area contributed by atoms with E-state index < -0.39 is 11.8 Å². The molecule has 0 aromatic rings. The molecule has 1 fully saturated rings. The van der Waals surface area contributed by atoms with Gasteiger partial charge in [-0.2, -0.15) is 0 Å². The van der Waals surface area contributed by atoms with E-state index in [1.807, 2.05) is 0 Å². The van der Waals surface area contributed by atoms with E-state index in [9.17, 15) is 15.0 Å². The molecular formula is C22H39ClO4. The lowest BCUT2D eigenvalue weighted by Gasteiger charge is -2.21. The molecule has 0 heterocycles. The molecular weight excluding hydrogens is 364 g/mol. The minimum atomic E-state index is -2.35. The van der Waals surface area contributed by atoms with Crippen LogP contribution in [0.1, 0.15) is 84.0 Å². The molecule has 4 nitrogen and oxygen atoms in total. The van der Waals surface area contributed by atoms with Crippen molar-refractivity contribution in [2.45, 2.75) is 89.8 Å². The third kappa shape index (κ3) is 8.97. The highest BCUT2D eigenvalue weighted by atomic mass is 35.5. The molecule has 1 saturated carbocycles. The van der Waals surface area contributed by atoms with Gasteiger partial charge in [0.1, 0.15) is 0 Å². The Morgan fingerprint density at radius 1 is 1.11 bits per heavy atom. The highest BCUT2D eigenvalue weighted by molar-refractivity contribution is 6.18. The van der Waals surface area contributed by atoms with Crippen molar-refractivity contribution in [3.8, 4) is 0 Å². The van der Waals surface area contributed by atoms with Crippen LogP contribution in [-0.4, -0.2) is 35.0 Å². The molecule has 5 heteroatoms. The summed E-state index contributed by atoms with van der Waals surface area (Å²) in [7, 11) is 1.16. The molecule has 0 bridgehead atoms. The zero-order valence-corrected chi connectivity index (χ0v) is 17.9. The van der Waals surface area contributed by atoms with Gasteiger partial charge in [0.15, 0.2) is 0 Å². The Hall–Kier alpha value is -0.580. The number of ether oxygens (including phenoxy) is 1. The van der Waals surface area contributed by atoms with Gasteiger partial charge >= 0.3 is 5.97 Å². The Kier molecular flexibility index (Phi) is 12.3. The second kappa shape index (κ2) is 13.6. The molecule has 1 aliphatic rings. The van der Waals surface area contributed by atoms with E-state index in [2.05, 4.69) is 23.8 Å². The summed E-state index contributed by atoms with van der Waals surface area (Å²) in [4.78, 5) is 11.3. The van der Waals surface area contributed by atoms with Gasteiger partial charge in [0, 0.05) is 12.3 Å². The lowest BCUT2D eigenvalue weighted by atomic mass is 9.86. The molecule has 0 aromatic heterocycles. The average molecular weight is 403 g/mol. The van der Waals surface area contributed by atoms with Gasteiger partial charge in [-0.1, -0.05) is 51.2 Å². The Bertz CT molecular complexity index is 436. The average Bonchev–Trinajstić information content (AvgIpc) is 3.05. The fourth-order valence-corrected chi connectivity index (χ4v) is 4.55. The number of aliphatic hydroxyl groups is 2. The Morgan fingerprint density at radius 2 is 1.81 bits per heavy atom. The first-order valence-electron chi connectivity index (χ1n) is 10.7. The maximum absolute atomic E-state index is 11.3. The Labute approximate surface area is 170 Å². The molecule has 0 aromatic carbocycles. The molecule has 1 rings (SSSR count). The van der Waals surface area contributed by atoms with Crippen molar-refractivity contribution < 1.29 is 19.7 Å². The van der Waals surface area contributed by atoms with Crippen molar-refractivity contribution in [1.82, 2.24) is 0 Å². The van der Waals surface area contributed by atoms with Crippen LogP contribution in [0.15, 0.2) is 12.2 Å². The highest BCUT2D eigenvalue weighted by Crippen LogP contribution is 2.41. The molecule has 0 aliphatic heterocycles. The van der Waals surface area contributed by atoms with Crippen molar-refractivity contribution in [2.75, 3.05) is 13.0 Å². The maximum Gasteiger partial charge on any atom is 0.366 e. The number of hydrogen-bond donors (Lipinski definition) is 2.